The van der Waals surface area contributed by atoms with Crippen molar-refractivity contribution in [3.05, 3.63) is 106 Å². The number of aliphatic hydroxyl groups excluding tert-OH is 1. The van der Waals surface area contributed by atoms with Gasteiger partial charge in [0.05, 0.1) is 36.1 Å². The van der Waals surface area contributed by atoms with Gasteiger partial charge in [0.1, 0.15) is 17.2 Å². The Bertz CT molecular complexity index is 2490. The normalized spacial score (nSPS) is 17.5. The van der Waals surface area contributed by atoms with E-state index in [1.807, 2.05) is 43.4 Å². The molecule has 3 aromatic heterocycles. The lowest BCUT2D eigenvalue weighted by atomic mass is 10.0. The quantitative estimate of drug-likeness (QED) is 0.0837. The molecule has 0 spiro atoms. The van der Waals surface area contributed by atoms with Crippen molar-refractivity contribution >= 4 is 52.0 Å². The summed E-state index contributed by atoms with van der Waals surface area (Å²) in [5.74, 6) is -1.15. The van der Waals surface area contributed by atoms with Crippen LogP contribution in [-0.4, -0.2) is 84.2 Å². The van der Waals surface area contributed by atoms with E-state index < -0.39 is 35.8 Å². The van der Waals surface area contributed by atoms with Gasteiger partial charge in [0.15, 0.2) is 11.5 Å². The number of carbonyl (C=O) groups is 4. The zero-order valence-electron chi connectivity index (χ0n) is 31.3. The van der Waals surface area contributed by atoms with Gasteiger partial charge in [0, 0.05) is 37.6 Å². The number of pyridine rings is 1. The summed E-state index contributed by atoms with van der Waals surface area (Å²) >= 11 is 0. The highest BCUT2D eigenvalue weighted by atomic mass is 16.5. The van der Waals surface area contributed by atoms with Gasteiger partial charge in [-0.15, -0.1) is 6.58 Å². The minimum Gasteiger partial charge on any atom is -0.493 e. The number of amides is 4. The molecule has 2 aliphatic heterocycles. The summed E-state index contributed by atoms with van der Waals surface area (Å²) < 4.78 is 9.13. The first kappa shape index (κ1) is 37.3. The van der Waals surface area contributed by atoms with Crippen molar-refractivity contribution in [2.45, 2.75) is 63.6 Å². The van der Waals surface area contributed by atoms with Gasteiger partial charge in [-0.2, -0.15) is 4.98 Å². The molecule has 16 heteroatoms. The number of aliphatic hydroxyl groups is 1. The highest BCUT2D eigenvalue weighted by molar-refractivity contribution is 6.24. The Morgan fingerprint density at radius 2 is 1.81 bits per heavy atom. The first-order valence-electron chi connectivity index (χ1n) is 19.0. The highest BCUT2D eigenvalue weighted by Crippen LogP contribution is 2.34. The fraction of sp³-hybridized carbons (Fsp3) is 0.317. The molecule has 2 unspecified atom stereocenters. The number of ether oxygens (including phenoxy) is 1. The van der Waals surface area contributed by atoms with Gasteiger partial charge in [-0.25, -0.2) is 19.3 Å². The number of nitrogens with one attached hydrogen (secondary N) is 2. The zero-order valence-corrected chi connectivity index (χ0v) is 31.3. The van der Waals surface area contributed by atoms with Gasteiger partial charge in [-0.05, 0) is 86.6 Å². The highest BCUT2D eigenvalue weighted by Gasteiger charge is 2.46. The van der Waals surface area contributed by atoms with Gasteiger partial charge in [0.25, 0.3) is 17.4 Å². The van der Waals surface area contributed by atoms with Crippen LogP contribution in [-0.2, 0) is 22.6 Å². The van der Waals surface area contributed by atoms with Crippen LogP contribution in [0.1, 0.15) is 76.6 Å². The van der Waals surface area contributed by atoms with E-state index in [1.165, 1.54) is 10.9 Å². The molecule has 57 heavy (non-hydrogen) atoms. The van der Waals surface area contributed by atoms with Crippen LogP contribution < -0.4 is 25.8 Å². The second kappa shape index (κ2) is 15.5. The number of fused-ring (bicyclic) bond motifs is 3. The van der Waals surface area contributed by atoms with Crippen LogP contribution in [0.5, 0.6) is 5.75 Å². The van der Waals surface area contributed by atoms with Crippen LogP contribution in [0.15, 0.2) is 78.2 Å². The minimum atomic E-state index is -1.03. The fourth-order valence-electron chi connectivity index (χ4n) is 7.62. The second-order valence-corrected chi connectivity index (χ2v) is 14.3. The number of piperidine rings is 1. The van der Waals surface area contributed by atoms with Crippen LogP contribution in [0, 0.1) is 0 Å². The topological polar surface area (TPSA) is 194 Å². The second-order valence-electron chi connectivity index (χ2n) is 14.3. The van der Waals surface area contributed by atoms with Gasteiger partial charge in [0.2, 0.25) is 17.8 Å². The summed E-state index contributed by atoms with van der Waals surface area (Å²) in [6.07, 6.45) is 6.46. The molecule has 292 valence electrons. The number of nitrogens with zero attached hydrogens (tertiary/aromatic N) is 7. The van der Waals surface area contributed by atoms with Gasteiger partial charge < -0.3 is 20.1 Å². The molecule has 5 aromatic rings. The molecule has 3 aliphatic rings. The molecule has 4 amide bonds. The largest absolute Gasteiger partial charge is 0.493 e. The monoisotopic (exact) mass is 771 g/mol. The summed E-state index contributed by atoms with van der Waals surface area (Å²) in [6.45, 7) is 5.17. The minimum absolute atomic E-state index is 0.0553. The number of hydrogen-bond donors (Lipinski definition) is 3. The van der Waals surface area contributed by atoms with Crippen molar-refractivity contribution in [3.63, 3.8) is 0 Å². The molecule has 3 N–H and O–H groups in total. The predicted octanol–water partition coefficient (Wildman–Crippen LogP) is 3.97. The maximum absolute atomic E-state index is 13.4. The molecule has 1 aliphatic carbocycles. The summed E-state index contributed by atoms with van der Waals surface area (Å²) in [7, 11) is 2.01. The van der Waals surface area contributed by atoms with Crippen molar-refractivity contribution < 1.29 is 29.0 Å². The molecule has 8 rings (SSSR count). The number of hydrogen-bond acceptors (Lipinski definition) is 12. The number of allylic oxidation sites excluding steroid dienone is 1. The fourth-order valence-corrected chi connectivity index (χ4v) is 7.62. The van der Waals surface area contributed by atoms with Crippen LogP contribution >= 0.6 is 0 Å². The van der Waals surface area contributed by atoms with Crippen molar-refractivity contribution in [1.29, 1.82) is 0 Å². The smallest absolute Gasteiger partial charge is 0.278 e. The third-order valence-electron chi connectivity index (χ3n) is 10.6. The Morgan fingerprint density at radius 1 is 0.982 bits per heavy atom. The van der Waals surface area contributed by atoms with Crippen LogP contribution in [0.2, 0.25) is 0 Å². The molecule has 5 heterocycles. The van der Waals surface area contributed by atoms with Gasteiger partial charge in [-0.3, -0.25) is 34.2 Å². The Hall–Kier alpha value is -6.68. The number of rotatable bonds is 14. The Kier molecular flexibility index (Phi) is 10.1. The molecular weight excluding hydrogens is 731 g/mol. The number of anilines is 3. The summed E-state index contributed by atoms with van der Waals surface area (Å²) in [4.78, 5) is 80.7. The third-order valence-corrected chi connectivity index (χ3v) is 10.6. The Labute approximate surface area is 326 Å². The number of aromatic nitrogens is 5. The molecule has 2 atom stereocenters. The molecule has 2 aromatic carbocycles. The van der Waals surface area contributed by atoms with E-state index >= 15 is 0 Å². The first-order chi connectivity index (χ1) is 27.6. The predicted molar refractivity (Wildman–Crippen MR) is 210 cm³/mol. The molecule has 0 bridgehead atoms. The summed E-state index contributed by atoms with van der Waals surface area (Å²) in [5.41, 5.74) is 3.83. The van der Waals surface area contributed by atoms with Crippen molar-refractivity contribution in [2.24, 2.45) is 0 Å². The van der Waals surface area contributed by atoms with Crippen molar-refractivity contribution in [3.8, 4) is 11.6 Å². The standard InChI is InChI=1S/C41H41N9O7/c1-3-20-48-38(54)28-23-42-41(46-36(28)50(48)32-18-11-24-10-17-30(51)35(24)44-32)43-25-12-14-26(15-13-25)47(2)21-5-4-6-22-57-31-9-7-8-27-34(31)40(56)49(39(27)55)29-16-19-33(52)45-37(29)53/h3,7-9,11-15,18,23,29-30,51H,1,4-6,10,16-17,19-22H2,2H3,(H,42,43,46)(H,45,52,53). The lowest BCUT2D eigenvalue weighted by Gasteiger charge is -2.27. The van der Waals surface area contributed by atoms with E-state index in [0.29, 0.717) is 47.3 Å². The lowest BCUT2D eigenvalue weighted by Crippen LogP contribution is -2.54. The Balaban J connectivity index is 0.855. The van der Waals surface area contributed by atoms with E-state index in [2.05, 4.69) is 27.1 Å². The number of aryl methyl sites for hydroxylation is 1. The first-order valence-corrected chi connectivity index (χ1v) is 19.0. The number of unbranched alkanes of at least 4 members (excludes halogenated alkanes) is 2. The molecule has 0 radical (unpaired) electrons. The van der Waals surface area contributed by atoms with E-state index in [4.69, 9.17) is 14.7 Å². The SMILES string of the molecule is C=CCn1c(=O)c2cnc(Nc3ccc(N(C)CCCCCOc4cccc5c4C(=O)N(C4CCC(=O)NC4=O)C5=O)cc3)nc2n1-c1ccc2c(n1)C(O)CC2. The van der Waals surface area contributed by atoms with E-state index in [0.717, 1.165) is 54.1 Å². The van der Waals surface area contributed by atoms with Crippen LogP contribution in [0.25, 0.3) is 16.9 Å². The lowest BCUT2D eigenvalue weighted by molar-refractivity contribution is -0.136. The summed E-state index contributed by atoms with van der Waals surface area (Å²) in [6, 6.07) is 15.4. The van der Waals surface area contributed by atoms with Gasteiger partial charge >= 0.3 is 0 Å². The number of benzene rings is 2. The molecule has 16 nitrogen and oxygen atoms in total. The summed E-state index contributed by atoms with van der Waals surface area (Å²) in [5, 5.41) is 16.3. The molecule has 1 fully saturated rings. The van der Waals surface area contributed by atoms with Crippen LogP contribution in [0.4, 0.5) is 17.3 Å². The molecule has 1 saturated heterocycles. The van der Waals surface area contributed by atoms with Crippen molar-refractivity contribution in [2.75, 3.05) is 30.4 Å². The number of imide groups is 2. The van der Waals surface area contributed by atoms with Crippen LogP contribution in [0.3, 0.4) is 0 Å². The zero-order chi connectivity index (χ0) is 39.8. The maximum atomic E-state index is 13.4. The Morgan fingerprint density at radius 3 is 2.60 bits per heavy atom. The van der Waals surface area contributed by atoms with Crippen molar-refractivity contribution in [1.82, 2.24) is 34.5 Å². The average molecular weight is 772 g/mol. The van der Waals surface area contributed by atoms with Gasteiger partial charge in [-0.1, -0.05) is 18.2 Å². The number of carbonyl (C=O) groups excluding carboxylic acids is 4. The van der Waals surface area contributed by atoms with E-state index in [9.17, 15) is 29.1 Å². The average Bonchev–Trinajstić information content (AvgIpc) is 3.80. The third kappa shape index (κ3) is 7.03. The van der Waals surface area contributed by atoms with E-state index in [1.54, 1.807) is 29.0 Å². The molecule has 0 saturated carbocycles. The molecular formula is C41H41N9O7. The van der Waals surface area contributed by atoms with E-state index in [-0.39, 0.29) is 36.1 Å². The maximum Gasteiger partial charge on any atom is 0.278 e.